The van der Waals surface area contributed by atoms with Crippen LogP contribution in [0.25, 0.3) is 0 Å². The van der Waals surface area contributed by atoms with E-state index in [4.69, 9.17) is 5.73 Å². The van der Waals surface area contributed by atoms with Gasteiger partial charge in [0.2, 0.25) is 10.0 Å². The topological polar surface area (TPSA) is 72.2 Å². The van der Waals surface area contributed by atoms with Crippen LogP contribution in [0.5, 0.6) is 0 Å². The van der Waals surface area contributed by atoms with Gasteiger partial charge in [0.05, 0.1) is 10.9 Å². The minimum atomic E-state index is -3.56. The molecule has 2 aromatic rings. The number of nitrogens with one attached hydrogen (secondary N) is 1. The molecule has 0 aliphatic rings. The zero-order chi connectivity index (χ0) is 15.6. The van der Waals surface area contributed by atoms with E-state index >= 15 is 0 Å². The summed E-state index contributed by atoms with van der Waals surface area (Å²) in [5.74, 6) is 0. The van der Waals surface area contributed by atoms with Crippen molar-refractivity contribution in [2.75, 3.05) is 0 Å². The van der Waals surface area contributed by atoms with Gasteiger partial charge < -0.3 is 5.73 Å². The lowest BCUT2D eigenvalue weighted by molar-refractivity contribution is 0.567. The van der Waals surface area contributed by atoms with Gasteiger partial charge in [-0.25, -0.2) is 13.1 Å². The van der Waals surface area contributed by atoms with Crippen LogP contribution in [0.15, 0.2) is 34.5 Å². The van der Waals surface area contributed by atoms with Gasteiger partial charge in [0.1, 0.15) is 0 Å². The molecule has 1 heterocycles. The Bertz CT molecular complexity index is 722. The van der Waals surface area contributed by atoms with Crippen molar-refractivity contribution in [2.45, 2.75) is 38.3 Å². The maximum atomic E-state index is 12.6. The van der Waals surface area contributed by atoms with Crippen LogP contribution >= 0.6 is 11.3 Å². The standard InChI is InChI=1S/C15H20N2O2S2/c1-10-7-11(2)15(8-13(10)9-16)21(18,19)17-12(3)14-5-4-6-20-14/h4-8,12,17H,9,16H2,1-3H3. The Balaban J connectivity index is 2.36. The number of benzene rings is 1. The molecule has 0 spiro atoms. The molecule has 0 saturated carbocycles. The summed E-state index contributed by atoms with van der Waals surface area (Å²) in [5.41, 5.74) is 8.28. The van der Waals surface area contributed by atoms with E-state index in [1.165, 1.54) is 11.3 Å². The van der Waals surface area contributed by atoms with Gasteiger partial charge in [-0.2, -0.15) is 0 Å². The number of hydrogen-bond acceptors (Lipinski definition) is 4. The third-order valence-corrected chi connectivity index (χ3v) is 6.18. The second-order valence-electron chi connectivity index (χ2n) is 5.11. The van der Waals surface area contributed by atoms with E-state index in [0.29, 0.717) is 11.4 Å². The van der Waals surface area contributed by atoms with Crippen molar-refractivity contribution < 1.29 is 8.42 Å². The van der Waals surface area contributed by atoms with E-state index < -0.39 is 10.0 Å². The molecule has 0 fully saturated rings. The van der Waals surface area contributed by atoms with Crippen LogP contribution < -0.4 is 10.5 Å². The number of thiophene rings is 1. The molecular weight excluding hydrogens is 304 g/mol. The first-order chi connectivity index (χ1) is 9.85. The van der Waals surface area contributed by atoms with Crippen molar-refractivity contribution in [2.24, 2.45) is 5.73 Å². The minimum absolute atomic E-state index is 0.253. The largest absolute Gasteiger partial charge is 0.326 e. The van der Waals surface area contributed by atoms with Crippen LogP contribution in [-0.4, -0.2) is 8.42 Å². The Morgan fingerprint density at radius 1 is 1.29 bits per heavy atom. The molecule has 1 aromatic carbocycles. The second-order valence-corrected chi connectivity index (χ2v) is 7.77. The highest BCUT2D eigenvalue weighted by Crippen LogP contribution is 2.24. The molecule has 1 unspecified atom stereocenters. The highest BCUT2D eigenvalue weighted by Gasteiger charge is 2.21. The van der Waals surface area contributed by atoms with Gasteiger partial charge in [0, 0.05) is 11.4 Å². The Morgan fingerprint density at radius 3 is 2.57 bits per heavy atom. The fourth-order valence-electron chi connectivity index (χ4n) is 2.28. The third kappa shape index (κ3) is 3.52. The van der Waals surface area contributed by atoms with Gasteiger partial charge in [0.15, 0.2) is 0 Å². The average Bonchev–Trinajstić information content (AvgIpc) is 2.91. The molecule has 0 aliphatic carbocycles. The lowest BCUT2D eigenvalue weighted by atomic mass is 10.1. The molecule has 114 valence electrons. The SMILES string of the molecule is Cc1cc(C)c(S(=O)(=O)NC(C)c2cccs2)cc1CN. The van der Waals surface area contributed by atoms with Crippen LogP contribution in [0.2, 0.25) is 0 Å². The molecule has 21 heavy (non-hydrogen) atoms. The first kappa shape index (κ1) is 16.2. The highest BCUT2D eigenvalue weighted by atomic mass is 32.2. The van der Waals surface area contributed by atoms with E-state index in [2.05, 4.69) is 4.72 Å². The van der Waals surface area contributed by atoms with Gasteiger partial charge in [-0.3, -0.25) is 0 Å². The maximum absolute atomic E-state index is 12.6. The third-order valence-electron chi connectivity index (χ3n) is 3.44. The van der Waals surface area contributed by atoms with Crippen LogP contribution in [0, 0.1) is 13.8 Å². The van der Waals surface area contributed by atoms with Crippen molar-refractivity contribution in [3.8, 4) is 0 Å². The van der Waals surface area contributed by atoms with Crippen molar-refractivity contribution >= 4 is 21.4 Å². The quantitative estimate of drug-likeness (QED) is 0.888. The van der Waals surface area contributed by atoms with Gasteiger partial charge in [0.25, 0.3) is 0 Å². The van der Waals surface area contributed by atoms with E-state index in [-0.39, 0.29) is 6.04 Å². The Hall–Kier alpha value is -1.21. The lowest BCUT2D eigenvalue weighted by Crippen LogP contribution is -2.27. The molecule has 0 amide bonds. The van der Waals surface area contributed by atoms with Crippen molar-refractivity contribution in [1.29, 1.82) is 0 Å². The Morgan fingerprint density at radius 2 is 2.00 bits per heavy atom. The molecule has 6 heteroatoms. The van der Waals surface area contributed by atoms with Crippen molar-refractivity contribution in [1.82, 2.24) is 4.72 Å². The summed E-state index contributed by atoms with van der Waals surface area (Å²) in [6.07, 6.45) is 0. The molecule has 0 aliphatic heterocycles. The van der Waals surface area contributed by atoms with E-state index in [1.54, 1.807) is 13.0 Å². The summed E-state index contributed by atoms with van der Waals surface area (Å²) in [7, 11) is -3.56. The van der Waals surface area contributed by atoms with Crippen LogP contribution in [-0.2, 0) is 16.6 Å². The van der Waals surface area contributed by atoms with E-state index in [0.717, 1.165) is 21.6 Å². The highest BCUT2D eigenvalue weighted by molar-refractivity contribution is 7.89. The average molecular weight is 324 g/mol. The van der Waals surface area contributed by atoms with Gasteiger partial charge >= 0.3 is 0 Å². The van der Waals surface area contributed by atoms with Crippen LogP contribution in [0.1, 0.15) is 34.5 Å². The van der Waals surface area contributed by atoms with Crippen LogP contribution in [0.4, 0.5) is 0 Å². The first-order valence-electron chi connectivity index (χ1n) is 6.71. The van der Waals surface area contributed by atoms with Gasteiger partial charge in [-0.15, -0.1) is 11.3 Å². The molecule has 4 nitrogen and oxygen atoms in total. The fraction of sp³-hybridized carbons (Fsp3) is 0.333. The van der Waals surface area contributed by atoms with Crippen molar-refractivity contribution in [3.05, 3.63) is 51.2 Å². The summed E-state index contributed by atoms with van der Waals surface area (Å²) in [6, 6.07) is 7.12. The molecule has 0 radical (unpaired) electrons. The number of hydrogen-bond donors (Lipinski definition) is 2. The number of sulfonamides is 1. The second kappa shape index (κ2) is 6.27. The molecule has 2 rings (SSSR count). The summed E-state index contributed by atoms with van der Waals surface area (Å²) >= 11 is 1.53. The lowest BCUT2D eigenvalue weighted by Gasteiger charge is -2.16. The molecule has 0 bridgehead atoms. The number of aryl methyl sites for hydroxylation is 2. The molecule has 1 atom stereocenters. The van der Waals surface area contributed by atoms with Crippen LogP contribution in [0.3, 0.4) is 0 Å². The normalized spacial score (nSPS) is 13.3. The summed E-state index contributed by atoms with van der Waals surface area (Å²) in [4.78, 5) is 1.29. The number of nitrogens with two attached hydrogens (primary N) is 1. The van der Waals surface area contributed by atoms with Gasteiger partial charge in [-0.1, -0.05) is 12.1 Å². The van der Waals surface area contributed by atoms with Gasteiger partial charge in [-0.05, 0) is 55.0 Å². The minimum Gasteiger partial charge on any atom is -0.326 e. The molecular formula is C15H20N2O2S2. The zero-order valence-corrected chi connectivity index (χ0v) is 14.0. The Kier molecular flexibility index (Phi) is 4.83. The Labute approximate surface area is 130 Å². The fourth-order valence-corrected chi connectivity index (χ4v) is 4.58. The number of rotatable bonds is 5. The maximum Gasteiger partial charge on any atom is 0.241 e. The van der Waals surface area contributed by atoms with E-state index in [1.807, 2.05) is 37.4 Å². The zero-order valence-electron chi connectivity index (χ0n) is 12.4. The summed E-state index contributed by atoms with van der Waals surface area (Å²) in [6.45, 7) is 5.91. The predicted octanol–water partition coefficient (Wildman–Crippen LogP) is 2.86. The molecule has 3 N–H and O–H groups in total. The van der Waals surface area contributed by atoms with E-state index in [9.17, 15) is 8.42 Å². The smallest absolute Gasteiger partial charge is 0.241 e. The molecule has 0 saturated heterocycles. The summed E-state index contributed by atoms with van der Waals surface area (Å²) < 4.78 is 27.9. The first-order valence-corrected chi connectivity index (χ1v) is 9.07. The molecule has 1 aromatic heterocycles. The monoisotopic (exact) mass is 324 g/mol. The van der Waals surface area contributed by atoms with Crippen molar-refractivity contribution in [3.63, 3.8) is 0 Å². The predicted molar refractivity (Wildman–Crippen MR) is 86.9 cm³/mol. The summed E-state index contributed by atoms with van der Waals surface area (Å²) in [5, 5.41) is 1.93.